The number of nitro groups is 1. The van der Waals surface area contributed by atoms with Crippen LogP contribution in [0, 0.1) is 15.9 Å². The van der Waals surface area contributed by atoms with Gasteiger partial charge >= 0.3 is 0 Å². The van der Waals surface area contributed by atoms with Crippen LogP contribution in [0.1, 0.15) is 21.2 Å². The molecule has 7 nitrogen and oxygen atoms in total. The second kappa shape index (κ2) is 11.3. The van der Waals surface area contributed by atoms with Gasteiger partial charge in [0.15, 0.2) is 0 Å². The number of thioether (sulfide) groups is 1. The molecule has 36 heavy (non-hydrogen) atoms. The van der Waals surface area contributed by atoms with Crippen molar-refractivity contribution >= 4 is 40.6 Å². The van der Waals surface area contributed by atoms with Crippen LogP contribution in [-0.2, 0) is 4.79 Å². The quantitative estimate of drug-likeness (QED) is 0.164. The molecule has 0 radical (unpaired) electrons. The number of amides is 2. The first-order chi connectivity index (χ1) is 17.4. The minimum absolute atomic E-state index is 0.0693. The van der Waals surface area contributed by atoms with E-state index in [2.05, 4.69) is 10.6 Å². The smallest absolute Gasteiger partial charge is 0.269 e. The van der Waals surface area contributed by atoms with Crippen LogP contribution in [-0.4, -0.2) is 16.7 Å². The van der Waals surface area contributed by atoms with Gasteiger partial charge in [-0.25, -0.2) is 4.39 Å². The minimum Gasteiger partial charge on any atom is -0.325 e. The lowest BCUT2D eigenvalue weighted by Gasteiger charge is -2.18. The van der Waals surface area contributed by atoms with Gasteiger partial charge in [-0.3, -0.25) is 19.7 Å². The topological polar surface area (TPSA) is 101 Å². The molecule has 0 fully saturated rings. The van der Waals surface area contributed by atoms with Crippen molar-refractivity contribution in [3.63, 3.8) is 0 Å². The second-order valence-corrected chi connectivity index (χ2v) is 8.84. The Morgan fingerprint density at radius 2 is 1.50 bits per heavy atom. The molecule has 0 spiro atoms. The fourth-order valence-electron chi connectivity index (χ4n) is 3.40. The molecule has 2 N–H and O–H groups in total. The summed E-state index contributed by atoms with van der Waals surface area (Å²) in [5.41, 5.74) is 1.49. The molecule has 180 valence electrons. The summed E-state index contributed by atoms with van der Waals surface area (Å²) in [6.45, 7) is 0. The molecule has 0 heterocycles. The third-order valence-electron chi connectivity index (χ3n) is 5.15. The first-order valence-electron chi connectivity index (χ1n) is 10.8. The van der Waals surface area contributed by atoms with Gasteiger partial charge in [0.1, 0.15) is 11.1 Å². The van der Waals surface area contributed by atoms with Crippen LogP contribution < -0.4 is 10.6 Å². The average molecular weight is 502 g/mol. The number of rotatable bonds is 8. The highest BCUT2D eigenvalue weighted by atomic mass is 32.2. The van der Waals surface area contributed by atoms with Crippen molar-refractivity contribution in [2.75, 3.05) is 10.6 Å². The summed E-state index contributed by atoms with van der Waals surface area (Å²) in [4.78, 5) is 36.8. The molecule has 0 aliphatic heterocycles. The van der Waals surface area contributed by atoms with Crippen LogP contribution in [0.15, 0.2) is 108 Å². The third kappa shape index (κ3) is 6.13. The van der Waals surface area contributed by atoms with E-state index in [1.807, 2.05) is 30.3 Å². The highest BCUT2D eigenvalue weighted by Gasteiger charge is 2.23. The molecule has 1 unspecified atom stereocenters. The number of halogens is 1. The fraction of sp³-hybridized carbons (Fsp3) is 0.0370. The van der Waals surface area contributed by atoms with E-state index in [9.17, 15) is 24.1 Å². The number of nitro benzene ring substituents is 1. The van der Waals surface area contributed by atoms with E-state index < -0.39 is 21.9 Å². The van der Waals surface area contributed by atoms with E-state index in [-0.39, 0.29) is 17.2 Å². The molecule has 9 heteroatoms. The molecule has 4 aromatic rings. The van der Waals surface area contributed by atoms with Gasteiger partial charge in [-0.05, 0) is 48.0 Å². The molecule has 4 rings (SSSR count). The van der Waals surface area contributed by atoms with E-state index in [0.717, 1.165) is 5.56 Å². The number of non-ortho nitro benzene ring substituents is 1. The summed E-state index contributed by atoms with van der Waals surface area (Å²) < 4.78 is 14.0. The molecule has 0 saturated carbocycles. The lowest BCUT2D eigenvalue weighted by Crippen LogP contribution is -2.19. The van der Waals surface area contributed by atoms with Crippen molar-refractivity contribution in [2.24, 2.45) is 0 Å². The van der Waals surface area contributed by atoms with Crippen molar-refractivity contribution in [3.05, 3.63) is 130 Å². The molecular formula is C27H20FN3O4S. The number of anilines is 2. The number of hydrogen-bond donors (Lipinski definition) is 2. The predicted molar refractivity (Wildman–Crippen MR) is 138 cm³/mol. The van der Waals surface area contributed by atoms with Crippen LogP contribution in [0.4, 0.5) is 21.5 Å². The monoisotopic (exact) mass is 501 g/mol. The Hall–Kier alpha value is -4.50. The Bertz CT molecular complexity index is 1400. The van der Waals surface area contributed by atoms with Gasteiger partial charge in [0.25, 0.3) is 11.6 Å². The number of benzene rings is 4. The molecule has 0 aromatic heterocycles. The molecule has 1 atom stereocenters. The number of carbonyl (C=O) groups is 2. The van der Waals surface area contributed by atoms with Crippen molar-refractivity contribution in [3.8, 4) is 0 Å². The van der Waals surface area contributed by atoms with Crippen LogP contribution in [0.2, 0.25) is 0 Å². The Morgan fingerprint density at radius 1 is 0.806 bits per heavy atom. The Balaban J connectivity index is 1.54. The Morgan fingerprint density at radius 3 is 2.19 bits per heavy atom. The summed E-state index contributed by atoms with van der Waals surface area (Å²) in [7, 11) is 0. The SMILES string of the molecule is O=C(Nc1cccc(SC(C(=O)Nc2ccc([N+](=O)[O-])cc2)c2ccccc2)c1)c1ccccc1F. The Labute approximate surface area is 210 Å². The van der Waals surface area contributed by atoms with Crippen molar-refractivity contribution in [1.29, 1.82) is 0 Å². The van der Waals surface area contributed by atoms with Gasteiger partial charge < -0.3 is 10.6 Å². The number of nitrogens with one attached hydrogen (secondary N) is 2. The number of nitrogens with zero attached hydrogens (tertiary/aromatic N) is 1. The largest absolute Gasteiger partial charge is 0.325 e. The van der Waals surface area contributed by atoms with Crippen LogP contribution >= 0.6 is 11.8 Å². The minimum atomic E-state index is -0.654. The van der Waals surface area contributed by atoms with Crippen LogP contribution in [0.25, 0.3) is 0 Å². The lowest BCUT2D eigenvalue weighted by atomic mass is 10.1. The lowest BCUT2D eigenvalue weighted by molar-refractivity contribution is -0.384. The maximum Gasteiger partial charge on any atom is 0.269 e. The van der Waals surface area contributed by atoms with Crippen molar-refractivity contribution in [2.45, 2.75) is 10.1 Å². The zero-order chi connectivity index (χ0) is 25.5. The van der Waals surface area contributed by atoms with Gasteiger partial charge in [0.05, 0.1) is 10.5 Å². The van der Waals surface area contributed by atoms with Crippen molar-refractivity contribution in [1.82, 2.24) is 0 Å². The molecule has 0 bridgehead atoms. The zero-order valence-electron chi connectivity index (χ0n) is 18.8. The standard InChI is InChI=1S/C27H20FN3O4S/c28-24-12-5-4-11-23(24)26(32)30-20-9-6-10-22(17-20)36-25(18-7-2-1-3-8-18)27(33)29-19-13-15-21(16-14-19)31(34)35/h1-17,25H,(H,29,33)(H,30,32). The van der Waals surface area contributed by atoms with Crippen LogP contribution in [0.5, 0.6) is 0 Å². The second-order valence-electron chi connectivity index (χ2n) is 7.66. The summed E-state index contributed by atoms with van der Waals surface area (Å²) in [6, 6.07) is 27.4. The third-order valence-corrected chi connectivity index (χ3v) is 6.40. The normalized spacial score (nSPS) is 11.4. The van der Waals surface area contributed by atoms with E-state index in [1.54, 1.807) is 30.3 Å². The summed E-state index contributed by atoms with van der Waals surface area (Å²) in [5.74, 6) is -1.51. The first kappa shape index (κ1) is 24.6. The van der Waals surface area contributed by atoms with Crippen LogP contribution in [0.3, 0.4) is 0 Å². The van der Waals surface area contributed by atoms with Gasteiger partial charge in [-0.15, -0.1) is 11.8 Å². The van der Waals surface area contributed by atoms with Gasteiger partial charge in [-0.1, -0.05) is 48.5 Å². The molecular weight excluding hydrogens is 481 g/mol. The van der Waals surface area contributed by atoms with Gasteiger partial charge in [-0.2, -0.15) is 0 Å². The molecule has 0 aliphatic carbocycles. The fourth-order valence-corrected chi connectivity index (χ4v) is 4.49. The summed E-state index contributed by atoms with van der Waals surface area (Å²) >= 11 is 1.27. The van der Waals surface area contributed by atoms with Gasteiger partial charge in [0, 0.05) is 28.4 Å². The molecule has 4 aromatic carbocycles. The first-order valence-corrected chi connectivity index (χ1v) is 11.7. The predicted octanol–water partition coefficient (Wildman–Crippen LogP) is 6.46. The number of carbonyl (C=O) groups excluding carboxylic acids is 2. The molecule has 0 aliphatic rings. The number of hydrogen-bond acceptors (Lipinski definition) is 5. The average Bonchev–Trinajstić information content (AvgIpc) is 2.88. The Kier molecular flexibility index (Phi) is 7.72. The summed E-state index contributed by atoms with van der Waals surface area (Å²) in [6.07, 6.45) is 0. The van der Waals surface area contributed by atoms with E-state index >= 15 is 0 Å². The highest BCUT2D eigenvalue weighted by Crippen LogP contribution is 2.37. The maximum absolute atomic E-state index is 14.0. The summed E-state index contributed by atoms with van der Waals surface area (Å²) in [5, 5.41) is 15.7. The molecule has 0 saturated heterocycles. The zero-order valence-corrected chi connectivity index (χ0v) is 19.6. The van der Waals surface area contributed by atoms with E-state index in [0.29, 0.717) is 16.3 Å². The van der Waals surface area contributed by atoms with E-state index in [4.69, 9.17) is 0 Å². The van der Waals surface area contributed by atoms with Crippen molar-refractivity contribution < 1.29 is 18.9 Å². The highest BCUT2D eigenvalue weighted by molar-refractivity contribution is 8.00. The molecule has 2 amide bonds. The van der Waals surface area contributed by atoms with E-state index in [1.165, 1.54) is 54.2 Å². The maximum atomic E-state index is 14.0. The van der Waals surface area contributed by atoms with Gasteiger partial charge in [0.2, 0.25) is 5.91 Å².